The van der Waals surface area contributed by atoms with Crippen LogP contribution < -0.4 is 5.32 Å². The van der Waals surface area contributed by atoms with Gasteiger partial charge in [0.05, 0.1) is 11.6 Å². The van der Waals surface area contributed by atoms with Gasteiger partial charge in [-0.05, 0) is 41.0 Å². The second-order valence-electron chi connectivity index (χ2n) is 5.84. The number of carbonyl (C=O) groups is 1. The average Bonchev–Trinajstić information content (AvgIpc) is 2.63. The first-order valence-corrected chi connectivity index (χ1v) is 7.93. The number of hydrogen-bond donors (Lipinski definition) is 2. The van der Waals surface area contributed by atoms with E-state index in [1.165, 1.54) is 0 Å². The fourth-order valence-corrected chi connectivity index (χ4v) is 2.82. The third kappa shape index (κ3) is 3.43. The van der Waals surface area contributed by atoms with Crippen molar-refractivity contribution in [1.29, 1.82) is 5.26 Å². The molecule has 1 heterocycles. The molecule has 5 nitrogen and oxygen atoms in total. The van der Waals surface area contributed by atoms with Crippen molar-refractivity contribution in [2.75, 3.05) is 5.32 Å². The summed E-state index contributed by atoms with van der Waals surface area (Å²) < 4.78 is 0. The zero-order chi connectivity index (χ0) is 17.8. The summed E-state index contributed by atoms with van der Waals surface area (Å²) in [4.78, 5) is 15.3. The highest BCUT2D eigenvalue weighted by atomic mass is 16.4. The number of nitrogens with one attached hydrogen (secondary N) is 1. The van der Waals surface area contributed by atoms with E-state index in [2.05, 4.69) is 16.4 Å². The smallest absolute Gasteiger partial charge is 0.325 e. The third-order valence-corrected chi connectivity index (χ3v) is 4.16. The Hall–Kier alpha value is -3.39. The molecule has 25 heavy (non-hydrogen) atoms. The number of benzene rings is 2. The maximum Gasteiger partial charge on any atom is 0.325 e. The summed E-state index contributed by atoms with van der Waals surface area (Å²) in [6.45, 7) is 1.60. The van der Waals surface area contributed by atoms with Crippen molar-refractivity contribution in [3.8, 4) is 6.07 Å². The van der Waals surface area contributed by atoms with Crippen LogP contribution in [0.15, 0.2) is 54.9 Å². The van der Waals surface area contributed by atoms with Gasteiger partial charge in [0.25, 0.3) is 0 Å². The van der Waals surface area contributed by atoms with E-state index in [1.54, 1.807) is 25.4 Å². The van der Waals surface area contributed by atoms with Gasteiger partial charge in [0.1, 0.15) is 6.04 Å². The van der Waals surface area contributed by atoms with Crippen molar-refractivity contribution in [2.45, 2.75) is 19.4 Å². The third-order valence-electron chi connectivity index (χ3n) is 4.16. The Morgan fingerprint density at radius 3 is 2.68 bits per heavy atom. The molecule has 2 N–H and O–H groups in total. The fourth-order valence-electron chi connectivity index (χ4n) is 2.82. The lowest BCUT2D eigenvalue weighted by Gasteiger charge is -2.15. The highest BCUT2D eigenvalue weighted by Gasteiger charge is 2.14. The first-order valence-electron chi connectivity index (χ1n) is 7.93. The van der Waals surface area contributed by atoms with Crippen molar-refractivity contribution in [3.05, 3.63) is 71.5 Å². The molecule has 0 amide bonds. The highest BCUT2D eigenvalue weighted by Crippen LogP contribution is 2.26. The Morgan fingerprint density at radius 2 is 1.96 bits per heavy atom. The van der Waals surface area contributed by atoms with Crippen LogP contribution in [0.5, 0.6) is 0 Å². The number of carboxylic acid groups (broad SMARTS) is 1. The summed E-state index contributed by atoms with van der Waals surface area (Å²) >= 11 is 0. The standard InChI is InChI=1S/C20H17N3O2/c1-13(20(24)25)23-19-8-9-22-12-16(19)10-14-6-7-15(11-21)18-5-3-2-4-17(14)18/h2-9,12-13H,10H2,1H3,(H,22,23)(H,24,25). The molecule has 0 fully saturated rings. The molecule has 124 valence electrons. The van der Waals surface area contributed by atoms with Gasteiger partial charge >= 0.3 is 5.97 Å². The van der Waals surface area contributed by atoms with Crippen LogP contribution in [0, 0.1) is 11.3 Å². The minimum Gasteiger partial charge on any atom is -0.480 e. The molecule has 0 saturated heterocycles. The Bertz CT molecular complexity index is 976. The van der Waals surface area contributed by atoms with Crippen LogP contribution in [-0.4, -0.2) is 22.1 Å². The summed E-state index contributed by atoms with van der Waals surface area (Å²) in [5.41, 5.74) is 3.36. The molecule has 0 saturated carbocycles. The maximum absolute atomic E-state index is 11.1. The largest absolute Gasteiger partial charge is 0.480 e. The van der Waals surface area contributed by atoms with E-state index in [4.69, 9.17) is 5.11 Å². The number of pyridine rings is 1. The zero-order valence-electron chi connectivity index (χ0n) is 13.7. The first-order chi connectivity index (χ1) is 12.1. The second-order valence-corrected chi connectivity index (χ2v) is 5.84. The minimum atomic E-state index is -0.911. The molecular formula is C20H17N3O2. The Kier molecular flexibility index (Phi) is 4.62. The molecule has 0 aliphatic rings. The van der Waals surface area contributed by atoms with E-state index in [0.29, 0.717) is 12.0 Å². The lowest BCUT2D eigenvalue weighted by atomic mass is 9.95. The van der Waals surface area contributed by atoms with Gasteiger partial charge in [-0.3, -0.25) is 9.78 Å². The fraction of sp³-hybridized carbons (Fsp3) is 0.150. The predicted octanol–water partition coefficient (Wildman–Crippen LogP) is 3.58. The predicted molar refractivity (Wildman–Crippen MR) is 96.4 cm³/mol. The number of nitrogens with zero attached hydrogens (tertiary/aromatic N) is 2. The van der Waals surface area contributed by atoms with Crippen LogP contribution >= 0.6 is 0 Å². The number of hydrogen-bond acceptors (Lipinski definition) is 4. The maximum atomic E-state index is 11.1. The molecule has 0 aliphatic carbocycles. The Labute approximate surface area is 145 Å². The molecule has 0 radical (unpaired) electrons. The molecule has 0 aliphatic heterocycles. The van der Waals surface area contributed by atoms with Gasteiger partial charge in [-0.1, -0.05) is 30.3 Å². The molecular weight excluding hydrogens is 314 g/mol. The number of anilines is 1. The molecule has 3 rings (SSSR count). The van der Waals surface area contributed by atoms with Crippen molar-refractivity contribution in [1.82, 2.24) is 4.98 Å². The van der Waals surface area contributed by atoms with E-state index >= 15 is 0 Å². The number of aliphatic carboxylic acids is 1. The molecule has 5 heteroatoms. The number of nitriles is 1. The van der Waals surface area contributed by atoms with E-state index < -0.39 is 12.0 Å². The van der Waals surface area contributed by atoms with Gasteiger partial charge in [-0.25, -0.2) is 0 Å². The highest BCUT2D eigenvalue weighted by molar-refractivity contribution is 5.91. The van der Waals surface area contributed by atoms with Crippen molar-refractivity contribution in [2.24, 2.45) is 0 Å². The number of carboxylic acids is 1. The molecule has 2 aromatic carbocycles. The molecule has 1 atom stereocenters. The van der Waals surface area contributed by atoms with Crippen molar-refractivity contribution >= 4 is 22.4 Å². The van der Waals surface area contributed by atoms with E-state index in [1.807, 2.05) is 36.4 Å². The van der Waals surface area contributed by atoms with Crippen LogP contribution in [0.3, 0.4) is 0 Å². The first kappa shape index (κ1) is 16.5. The monoisotopic (exact) mass is 331 g/mol. The van der Waals surface area contributed by atoms with E-state index in [9.17, 15) is 10.1 Å². The zero-order valence-corrected chi connectivity index (χ0v) is 13.7. The van der Waals surface area contributed by atoms with Crippen molar-refractivity contribution < 1.29 is 9.90 Å². The summed E-state index contributed by atoms with van der Waals surface area (Å²) in [5.74, 6) is -0.911. The molecule has 1 unspecified atom stereocenters. The summed E-state index contributed by atoms with van der Waals surface area (Å²) in [6.07, 6.45) is 3.97. The van der Waals surface area contributed by atoms with Gasteiger partial charge in [0.2, 0.25) is 0 Å². The van der Waals surface area contributed by atoms with Crippen LogP contribution in [-0.2, 0) is 11.2 Å². The van der Waals surface area contributed by atoms with E-state index in [0.717, 1.165) is 27.6 Å². The second kappa shape index (κ2) is 7.02. The van der Waals surface area contributed by atoms with Crippen LogP contribution in [0.1, 0.15) is 23.6 Å². The SMILES string of the molecule is CC(Nc1ccncc1Cc1ccc(C#N)c2ccccc12)C(=O)O. The van der Waals surface area contributed by atoms with Crippen LogP contribution in [0.25, 0.3) is 10.8 Å². The van der Waals surface area contributed by atoms with Crippen molar-refractivity contribution in [3.63, 3.8) is 0 Å². The number of rotatable bonds is 5. The normalized spacial score (nSPS) is 11.7. The minimum absolute atomic E-state index is 0.592. The van der Waals surface area contributed by atoms with Gasteiger partial charge in [0, 0.05) is 24.5 Å². The Balaban J connectivity index is 2.01. The molecule has 3 aromatic rings. The van der Waals surface area contributed by atoms with Crippen LogP contribution in [0.2, 0.25) is 0 Å². The number of aromatic nitrogens is 1. The average molecular weight is 331 g/mol. The van der Waals surface area contributed by atoms with Crippen LogP contribution in [0.4, 0.5) is 5.69 Å². The van der Waals surface area contributed by atoms with Gasteiger partial charge < -0.3 is 10.4 Å². The van der Waals surface area contributed by atoms with E-state index in [-0.39, 0.29) is 0 Å². The van der Waals surface area contributed by atoms with Gasteiger partial charge in [-0.2, -0.15) is 5.26 Å². The molecule has 1 aromatic heterocycles. The lowest BCUT2D eigenvalue weighted by molar-refractivity contribution is -0.137. The summed E-state index contributed by atoms with van der Waals surface area (Å²) in [7, 11) is 0. The molecule has 0 spiro atoms. The van der Waals surface area contributed by atoms with Gasteiger partial charge in [-0.15, -0.1) is 0 Å². The quantitative estimate of drug-likeness (QED) is 0.746. The summed E-state index contributed by atoms with van der Waals surface area (Å²) in [5, 5.41) is 23.3. The topological polar surface area (TPSA) is 86.0 Å². The molecule has 0 bridgehead atoms. The number of fused-ring (bicyclic) bond motifs is 1. The summed E-state index contributed by atoms with van der Waals surface area (Å²) in [6, 6.07) is 14.9. The van der Waals surface area contributed by atoms with Gasteiger partial charge in [0.15, 0.2) is 0 Å². The Morgan fingerprint density at radius 1 is 1.20 bits per heavy atom. The lowest BCUT2D eigenvalue weighted by Crippen LogP contribution is -2.26.